The van der Waals surface area contributed by atoms with Crippen LogP contribution in [0, 0.1) is 0 Å². The Morgan fingerprint density at radius 2 is 1.75 bits per heavy atom. The van der Waals surface area contributed by atoms with Crippen LogP contribution in [0.5, 0.6) is 0 Å². The van der Waals surface area contributed by atoms with Gasteiger partial charge in [0.15, 0.2) is 0 Å². The fourth-order valence-corrected chi connectivity index (χ4v) is 4.60. The van der Waals surface area contributed by atoms with E-state index in [1.807, 2.05) is 6.07 Å². The second-order valence-corrected chi connectivity index (χ2v) is 12.4. The average Bonchev–Trinajstić information content (AvgIpc) is 2.48. The molecule has 0 saturated carbocycles. The van der Waals surface area contributed by atoms with Gasteiger partial charge in [0.1, 0.15) is 0 Å². The Bertz CT molecular complexity index is 702. The van der Waals surface area contributed by atoms with Gasteiger partial charge in [-0.15, -0.1) is 0 Å². The van der Waals surface area contributed by atoms with E-state index in [2.05, 4.69) is 35.8 Å². The second kappa shape index (κ2) is 5.86. The Morgan fingerprint density at radius 3 is 2.35 bits per heavy atom. The van der Waals surface area contributed by atoms with Gasteiger partial charge in [-0.25, -0.2) is 0 Å². The number of nitrogens with zero attached hydrogens (tertiary/aromatic N) is 1. The predicted molar refractivity (Wildman–Crippen MR) is 83.8 cm³/mol. The normalized spacial score (nSPS) is 12.4. The summed E-state index contributed by atoms with van der Waals surface area (Å²) in [6.07, 6.45) is 1.61. The zero-order valence-electron chi connectivity index (χ0n) is 12.0. The van der Waals surface area contributed by atoms with Crippen molar-refractivity contribution in [2.45, 2.75) is 27.6 Å². The third-order valence-electron chi connectivity index (χ3n) is 3.67. The molecule has 0 fully saturated rings. The van der Waals surface area contributed by atoms with Gasteiger partial charge in [-0.3, -0.25) is 0 Å². The van der Waals surface area contributed by atoms with Crippen molar-refractivity contribution in [3.63, 3.8) is 0 Å². The van der Waals surface area contributed by atoms with Gasteiger partial charge in [-0.2, -0.15) is 0 Å². The Balaban J connectivity index is 2.52. The van der Waals surface area contributed by atoms with Gasteiger partial charge in [-0.1, -0.05) is 0 Å². The van der Waals surface area contributed by atoms with Crippen LogP contribution in [-0.4, -0.2) is 39.2 Å². The second-order valence-electron chi connectivity index (χ2n) is 5.43. The van der Waals surface area contributed by atoms with E-state index in [0.717, 1.165) is 10.0 Å². The number of aromatic nitrogens is 1. The minimum absolute atomic E-state index is 0.327. The molecule has 3 nitrogen and oxygen atoms in total. The average molecular weight is 297 g/mol. The van der Waals surface area contributed by atoms with Gasteiger partial charge in [0.2, 0.25) is 0 Å². The molecule has 1 heterocycles. The molecule has 0 aliphatic rings. The zero-order valence-corrected chi connectivity index (χ0v) is 13.8. The van der Waals surface area contributed by atoms with E-state index in [-0.39, 0.29) is 0 Å². The molecule has 0 N–H and O–H groups in total. The van der Waals surface area contributed by atoms with Crippen molar-refractivity contribution in [3.05, 3.63) is 48.7 Å². The number of benzene rings is 1. The van der Waals surface area contributed by atoms with Gasteiger partial charge in [0, 0.05) is 0 Å². The van der Waals surface area contributed by atoms with Gasteiger partial charge in [0.25, 0.3) is 0 Å². The van der Waals surface area contributed by atoms with Crippen molar-refractivity contribution in [1.29, 1.82) is 0 Å². The number of hydrogen-bond acceptors (Lipinski definition) is 3. The van der Waals surface area contributed by atoms with Crippen LogP contribution in [0.25, 0.3) is 0 Å². The molecule has 2 aromatic rings. The van der Waals surface area contributed by atoms with Crippen molar-refractivity contribution in [1.82, 2.24) is 4.98 Å². The molecule has 0 spiro atoms. The van der Waals surface area contributed by atoms with Crippen molar-refractivity contribution >= 4 is 40.9 Å². The molecule has 20 heavy (non-hydrogen) atoms. The fraction of sp³-hybridized carbons (Fsp3) is 0.214. The number of pyridine rings is 1. The fourth-order valence-electron chi connectivity index (χ4n) is 1.87. The first-order chi connectivity index (χ1) is 9.38. The van der Waals surface area contributed by atoms with Crippen LogP contribution in [-0.2, 0) is 9.84 Å². The van der Waals surface area contributed by atoms with Crippen LogP contribution in [0.1, 0.15) is 0 Å². The molecule has 1 aromatic heterocycles. The third kappa shape index (κ3) is 3.07. The number of hydrogen-bond donors (Lipinski definition) is 0. The SMILES string of the molecule is [Li][CH2][Si](C)(C)c1cc(S(=O)(=O)c2ccccc2)ccn1. The molecule has 6 heteroatoms. The van der Waals surface area contributed by atoms with E-state index in [9.17, 15) is 8.42 Å². The molecule has 0 radical (unpaired) electrons. The third-order valence-corrected chi connectivity index (χ3v) is 8.87. The summed E-state index contributed by atoms with van der Waals surface area (Å²) >= 11 is 2.13. The first kappa shape index (κ1) is 15.5. The molecular weight excluding hydrogens is 281 g/mol. The number of rotatable bonds is 4. The summed E-state index contributed by atoms with van der Waals surface area (Å²) in [5.74, 6) is 0. The molecule has 2 rings (SSSR count). The standard InChI is InChI=1S/C14H16NO2SSi.Li/c1-19(2,3)14-11-13(9-10-15-14)18(16,17)12-7-5-4-6-8-12;/h4-11H,1H2,2-3H3;. The molecule has 100 valence electrons. The van der Waals surface area contributed by atoms with Crippen molar-refractivity contribution in [2.24, 2.45) is 0 Å². The molecule has 0 amide bonds. The topological polar surface area (TPSA) is 47.0 Å². The summed E-state index contributed by atoms with van der Waals surface area (Å²) < 4.78 is 26.2. The summed E-state index contributed by atoms with van der Waals surface area (Å²) in [6, 6.07) is 11.9. The Morgan fingerprint density at radius 1 is 1.10 bits per heavy atom. The Kier molecular flexibility index (Phi) is 4.55. The van der Waals surface area contributed by atoms with Crippen molar-refractivity contribution < 1.29 is 8.42 Å². The van der Waals surface area contributed by atoms with Gasteiger partial charge >= 0.3 is 131 Å². The molecular formula is C14H16LiNO2SSi. The molecule has 0 bridgehead atoms. The van der Waals surface area contributed by atoms with Crippen molar-refractivity contribution in [3.8, 4) is 0 Å². The van der Waals surface area contributed by atoms with Gasteiger partial charge < -0.3 is 0 Å². The maximum absolute atomic E-state index is 12.6. The van der Waals surface area contributed by atoms with E-state index in [4.69, 9.17) is 0 Å². The van der Waals surface area contributed by atoms with Gasteiger partial charge in [-0.05, 0) is 0 Å². The van der Waals surface area contributed by atoms with Crippen molar-refractivity contribution in [2.75, 3.05) is 0 Å². The van der Waals surface area contributed by atoms with Crippen LogP contribution in [0.2, 0.25) is 17.8 Å². The monoisotopic (exact) mass is 297 g/mol. The van der Waals surface area contributed by atoms with Crippen LogP contribution >= 0.6 is 0 Å². The first-order valence-corrected chi connectivity index (χ1v) is 11.3. The number of sulfone groups is 1. The Labute approximate surface area is 130 Å². The summed E-state index contributed by atoms with van der Waals surface area (Å²) in [4.78, 5) is 5.05. The maximum atomic E-state index is 12.6. The minimum atomic E-state index is -3.45. The van der Waals surface area contributed by atoms with Gasteiger partial charge in [0.05, 0.1) is 0 Å². The predicted octanol–water partition coefficient (Wildman–Crippen LogP) is 1.96. The van der Waals surface area contributed by atoms with E-state index in [1.54, 1.807) is 42.6 Å². The molecule has 0 saturated heterocycles. The summed E-state index contributed by atoms with van der Waals surface area (Å²) in [7, 11) is -5.09. The summed E-state index contributed by atoms with van der Waals surface area (Å²) in [5.41, 5.74) is 0. The quantitative estimate of drug-likeness (QED) is 0.811. The molecule has 0 atom stereocenters. The van der Waals surface area contributed by atoms with Crippen LogP contribution in [0.15, 0.2) is 58.5 Å². The van der Waals surface area contributed by atoms with Crippen LogP contribution < -0.4 is 5.32 Å². The molecule has 0 aliphatic carbocycles. The molecule has 0 aliphatic heterocycles. The zero-order chi connectivity index (χ0) is 14.8. The Hall–Kier alpha value is -0.866. The molecule has 1 aromatic carbocycles. The first-order valence-electron chi connectivity index (χ1n) is 6.64. The van der Waals surface area contributed by atoms with E-state index < -0.39 is 17.9 Å². The van der Waals surface area contributed by atoms with E-state index in [0.29, 0.717) is 9.79 Å². The van der Waals surface area contributed by atoms with Crippen LogP contribution in [0.3, 0.4) is 0 Å². The van der Waals surface area contributed by atoms with Crippen LogP contribution in [0.4, 0.5) is 0 Å². The summed E-state index contributed by atoms with van der Waals surface area (Å²) in [6.45, 7) is 4.41. The van der Waals surface area contributed by atoms with E-state index >= 15 is 0 Å². The summed E-state index contributed by atoms with van der Waals surface area (Å²) in [5, 5.41) is 0.942. The van der Waals surface area contributed by atoms with E-state index in [1.165, 1.54) is 0 Å². The molecule has 0 unspecified atom stereocenters.